The van der Waals surface area contributed by atoms with Crippen LogP contribution in [0.15, 0.2) is 22.7 Å². The molecule has 1 saturated heterocycles. The fraction of sp³-hybridized carbons (Fsp3) is 0.529. The summed E-state index contributed by atoms with van der Waals surface area (Å²) in [5.74, 6) is -0.179. The van der Waals surface area contributed by atoms with E-state index in [0.717, 1.165) is 0 Å². The van der Waals surface area contributed by atoms with Crippen LogP contribution < -0.4 is 10.6 Å². The van der Waals surface area contributed by atoms with Gasteiger partial charge in [0.25, 0.3) is 0 Å². The van der Waals surface area contributed by atoms with Gasteiger partial charge in [0.15, 0.2) is 0 Å². The number of hydrogen-bond acceptors (Lipinski definition) is 3. The van der Waals surface area contributed by atoms with Gasteiger partial charge in [-0.25, -0.2) is 4.79 Å². The zero-order valence-corrected chi connectivity index (χ0v) is 16.8. The van der Waals surface area contributed by atoms with Gasteiger partial charge in [0.1, 0.15) is 0 Å². The minimum absolute atomic E-state index is 0.179. The Labute approximate surface area is 161 Å². The lowest BCUT2D eigenvalue weighted by Gasteiger charge is -2.47. The van der Waals surface area contributed by atoms with Crippen LogP contribution in [-0.2, 0) is 4.79 Å². The number of anilines is 1. The first-order valence-electron chi connectivity index (χ1n) is 8.07. The molecule has 1 aromatic rings. The summed E-state index contributed by atoms with van der Waals surface area (Å²) in [7, 11) is 0. The number of carbonyl (C=O) groups excluding carboxylic acids is 1. The van der Waals surface area contributed by atoms with Crippen molar-refractivity contribution >= 4 is 45.2 Å². The van der Waals surface area contributed by atoms with Crippen molar-refractivity contribution in [3.05, 3.63) is 27.7 Å². The molecule has 25 heavy (non-hydrogen) atoms. The number of piperazine rings is 1. The lowest BCUT2D eigenvalue weighted by Crippen LogP contribution is -2.64. The summed E-state index contributed by atoms with van der Waals surface area (Å²) in [5.41, 5.74) is 0.338. The highest BCUT2D eigenvalue weighted by atomic mass is 79.9. The molecule has 1 fully saturated rings. The quantitative estimate of drug-likeness (QED) is 0.678. The van der Waals surface area contributed by atoms with Crippen molar-refractivity contribution in [1.29, 1.82) is 0 Å². The number of halogens is 2. The first-order valence-corrected chi connectivity index (χ1v) is 9.24. The summed E-state index contributed by atoms with van der Waals surface area (Å²) >= 11 is 9.28. The molecule has 6 nitrogen and oxygen atoms in total. The maximum absolute atomic E-state index is 12.5. The van der Waals surface area contributed by atoms with E-state index in [2.05, 4.69) is 26.6 Å². The maximum Gasteiger partial charge on any atom is 0.407 e. The molecule has 0 bridgehead atoms. The van der Waals surface area contributed by atoms with Crippen LogP contribution in [0.25, 0.3) is 0 Å². The molecule has 8 heteroatoms. The standard InChI is InChI=1S/C17H23BrClN3O3/c1-17(2,3)15-13(20-6-7-22(15)16(24)25)9-14(23)21-12-5-4-10(19)8-11(12)18/h4-5,8,13,15,20H,6-7,9H2,1-3H3,(H,21,23)(H,24,25). The third-order valence-corrected chi connectivity index (χ3v) is 5.11. The van der Waals surface area contributed by atoms with Crippen LogP contribution in [0, 0.1) is 5.41 Å². The van der Waals surface area contributed by atoms with E-state index in [9.17, 15) is 14.7 Å². The molecule has 1 aromatic carbocycles. The molecular weight excluding hydrogens is 410 g/mol. The SMILES string of the molecule is CC(C)(C)C1C(CC(=O)Nc2ccc(Cl)cc2Br)NCCN1C(=O)O. The highest BCUT2D eigenvalue weighted by Crippen LogP contribution is 2.31. The van der Waals surface area contributed by atoms with Crippen molar-refractivity contribution in [3.63, 3.8) is 0 Å². The first-order chi connectivity index (χ1) is 11.6. The van der Waals surface area contributed by atoms with E-state index in [-0.39, 0.29) is 29.8 Å². The van der Waals surface area contributed by atoms with Gasteiger partial charge in [0, 0.05) is 35.0 Å². The Balaban J connectivity index is 2.13. The van der Waals surface area contributed by atoms with Crippen LogP contribution in [0.5, 0.6) is 0 Å². The van der Waals surface area contributed by atoms with E-state index in [4.69, 9.17) is 11.6 Å². The predicted octanol–water partition coefficient (Wildman–Crippen LogP) is 3.80. The third kappa shape index (κ3) is 5.09. The van der Waals surface area contributed by atoms with Crippen LogP contribution in [-0.4, -0.2) is 47.2 Å². The molecule has 2 atom stereocenters. The van der Waals surface area contributed by atoms with E-state index < -0.39 is 6.09 Å². The van der Waals surface area contributed by atoms with E-state index in [1.165, 1.54) is 4.90 Å². The molecular formula is C17H23BrClN3O3. The van der Waals surface area contributed by atoms with Crippen LogP contribution in [0.2, 0.25) is 5.02 Å². The summed E-state index contributed by atoms with van der Waals surface area (Å²) < 4.78 is 0.699. The Morgan fingerprint density at radius 2 is 2.12 bits per heavy atom. The third-order valence-electron chi connectivity index (χ3n) is 4.22. The van der Waals surface area contributed by atoms with Crippen LogP contribution >= 0.6 is 27.5 Å². The molecule has 2 unspecified atom stereocenters. The van der Waals surface area contributed by atoms with Crippen molar-refractivity contribution in [2.45, 2.75) is 39.3 Å². The molecule has 3 N–H and O–H groups in total. The second-order valence-electron chi connectivity index (χ2n) is 7.22. The number of carboxylic acid groups (broad SMARTS) is 1. The van der Waals surface area contributed by atoms with Crippen molar-refractivity contribution < 1.29 is 14.7 Å². The lowest BCUT2D eigenvalue weighted by molar-refractivity contribution is -0.117. The number of benzene rings is 1. The predicted molar refractivity (Wildman–Crippen MR) is 102 cm³/mol. The molecule has 0 saturated carbocycles. The molecule has 0 spiro atoms. The molecule has 0 aliphatic carbocycles. The van der Waals surface area contributed by atoms with Gasteiger partial charge >= 0.3 is 6.09 Å². The zero-order chi connectivity index (χ0) is 18.8. The smallest absolute Gasteiger partial charge is 0.407 e. The second kappa shape index (κ2) is 7.93. The van der Waals surface area contributed by atoms with Gasteiger partial charge in [-0.2, -0.15) is 0 Å². The first kappa shape index (κ1) is 20.0. The minimum atomic E-state index is -0.952. The number of amides is 2. The Bertz CT molecular complexity index is 663. The van der Waals surface area contributed by atoms with Gasteiger partial charge in [-0.05, 0) is 39.5 Å². The summed E-state index contributed by atoms with van der Waals surface area (Å²) in [6.45, 7) is 6.91. The van der Waals surface area contributed by atoms with Gasteiger partial charge in [-0.3, -0.25) is 4.79 Å². The summed E-state index contributed by atoms with van der Waals surface area (Å²) in [6, 6.07) is 4.59. The highest BCUT2D eigenvalue weighted by molar-refractivity contribution is 9.10. The second-order valence-corrected chi connectivity index (χ2v) is 8.51. The summed E-state index contributed by atoms with van der Waals surface area (Å²) in [6.07, 6.45) is -0.770. The Morgan fingerprint density at radius 3 is 2.68 bits per heavy atom. The number of nitrogens with zero attached hydrogens (tertiary/aromatic N) is 1. The monoisotopic (exact) mass is 431 g/mol. The van der Waals surface area contributed by atoms with Gasteiger partial charge in [-0.15, -0.1) is 0 Å². The molecule has 138 valence electrons. The topological polar surface area (TPSA) is 81.7 Å². The fourth-order valence-electron chi connectivity index (χ4n) is 3.30. The molecule has 1 aliphatic heterocycles. The van der Waals surface area contributed by atoms with E-state index in [0.29, 0.717) is 28.3 Å². The van der Waals surface area contributed by atoms with Crippen molar-refractivity contribution in [2.75, 3.05) is 18.4 Å². The summed E-state index contributed by atoms with van der Waals surface area (Å²) in [4.78, 5) is 25.5. The van der Waals surface area contributed by atoms with Crippen LogP contribution in [0.1, 0.15) is 27.2 Å². The van der Waals surface area contributed by atoms with Crippen molar-refractivity contribution in [3.8, 4) is 0 Å². The molecule has 0 aromatic heterocycles. The van der Waals surface area contributed by atoms with E-state index >= 15 is 0 Å². The lowest BCUT2D eigenvalue weighted by atomic mass is 9.79. The Hall–Kier alpha value is -1.31. The zero-order valence-electron chi connectivity index (χ0n) is 14.5. The molecule has 0 radical (unpaired) electrons. The van der Waals surface area contributed by atoms with Crippen LogP contribution in [0.4, 0.5) is 10.5 Å². The normalized spacial score (nSPS) is 21.1. The number of nitrogens with one attached hydrogen (secondary N) is 2. The average molecular weight is 433 g/mol. The number of hydrogen-bond donors (Lipinski definition) is 3. The van der Waals surface area contributed by atoms with E-state index in [1.54, 1.807) is 18.2 Å². The number of rotatable bonds is 3. The molecule has 2 amide bonds. The molecule has 1 aliphatic rings. The molecule has 2 rings (SSSR count). The Morgan fingerprint density at radius 1 is 1.44 bits per heavy atom. The maximum atomic E-state index is 12.5. The van der Waals surface area contributed by atoms with Gasteiger partial charge in [-0.1, -0.05) is 32.4 Å². The molecule has 1 heterocycles. The van der Waals surface area contributed by atoms with Crippen LogP contribution in [0.3, 0.4) is 0 Å². The largest absolute Gasteiger partial charge is 0.465 e. The van der Waals surface area contributed by atoms with Crippen molar-refractivity contribution in [2.24, 2.45) is 5.41 Å². The van der Waals surface area contributed by atoms with Crippen molar-refractivity contribution in [1.82, 2.24) is 10.2 Å². The highest BCUT2D eigenvalue weighted by Gasteiger charge is 2.42. The van der Waals surface area contributed by atoms with Gasteiger partial charge in [0.2, 0.25) is 5.91 Å². The summed E-state index contributed by atoms with van der Waals surface area (Å²) in [5, 5.41) is 16.2. The van der Waals surface area contributed by atoms with Gasteiger partial charge < -0.3 is 20.6 Å². The minimum Gasteiger partial charge on any atom is -0.465 e. The average Bonchev–Trinajstić information content (AvgIpc) is 2.48. The number of carbonyl (C=O) groups is 2. The Kier molecular flexibility index (Phi) is 6.35. The fourth-order valence-corrected chi connectivity index (χ4v) is 4.08. The van der Waals surface area contributed by atoms with E-state index in [1.807, 2.05) is 20.8 Å². The van der Waals surface area contributed by atoms with Gasteiger partial charge in [0.05, 0.1) is 11.7 Å².